The van der Waals surface area contributed by atoms with Crippen molar-refractivity contribution in [3.8, 4) is 0 Å². The minimum absolute atomic E-state index is 0.221. The van der Waals surface area contributed by atoms with Crippen molar-refractivity contribution in [2.75, 3.05) is 0 Å². The minimum atomic E-state index is -4.26. The van der Waals surface area contributed by atoms with Crippen molar-refractivity contribution >= 4 is 38.5 Å². The van der Waals surface area contributed by atoms with Gasteiger partial charge in [-0.05, 0) is 34.2 Å². The third-order valence-electron chi connectivity index (χ3n) is 1.53. The topological polar surface area (TPSA) is 0 Å². The van der Waals surface area contributed by atoms with Crippen LogP contribution in [0.2, 0.25) is 0 Å². The molecule has 0 unspecified atom stereocenters. The molecular formula is C8H5BrF3I. The van der Waals surface area contributed by atoms with E-state index >= 15 is 0 Å². The Morgan fingerprint density at radius 1 is 1.31 bits per heavy atom. The van der Waals surface area contributed by atoms with Crippen LogP contribution < -0.4 is 0 Å². The molecule has 13 heavy (non-hydrogen) atoms. The first-order chi connectivity index (χ1) is 5.96. The zero-order chi connectivity index (χ0) is 10.1. The lowest BCUT2D eigenvalue weighted by atomic mass is 10.1. The second kappa shape index (κ2) is 4.16. The molecule has 0 N–H and O–H groups in total. The summed E-state index contributed by atoms with van der Waals surface area (Å²) in [6.45, 7) is 0. The Labute approximate surface area is 95.8 Å². The minimum Gasteiger partial charge on any atom is -0.166 e. The summed E-state index contributed by atoms with van der Waals surface area (Å²) >= 11 is 4.73. The van der Waals surface area contributed by atoms with Crippen LogP contribution in [-0.4, -0.2) is 0 Å². The number of halogens is 5. The summed E-state index contributed by atoms with van der Waals surface area (Å²) in [7, 11) is 0. The molecule has 1 aromatic carbocycles. The molecule has 0 aliphatic rings. The number of alkyl halides is 4. The summed E-state index contributed by atoms with van der Waals surface area (Å²) in [6, 6.07) is 4.54. The predicted molar refractivity (Wildman–Crippen MR) is 56.8 cm³/mol. The van der Waals surface area contributed by atoms with Crippen LogP contribution in [0.1, 0.15) is 11.1 Å². The molecule has 0 aliphatic carbocycles. The van der Waals surface area contributed by atoms with Crippen molar-refractivity contribution in [3.63, 3.8) is 0 Å². The van der Waals surface area contributed by atoms with E-state index in [2.05, 4.69) is 15.9 Å². The fraction of sp³-hybridized carbons (Fsp3) is 0.250. The van der Waals surface area contributed by atoms with Gasteiger partial charge < -0.3 is 0 Å². The van der Waals surface area contributed by atoms with Crippen LogP contribution in [0.4, 0.5) is 13.2 Å². The molecule has 0 heterocycles. The lowest BCUT2D eigenvalue weighted by molar-refractivity contribution is -0.138. The van der Waals surface area contributed by atoms with E-state index < -0.39 is 11.7 Å². The van der Waals surface area contributed by atoms with Gasteiger partial charge in [0.25, 0.3) is 0 Å². The maximum Gasteiger partial charge on any atom is 0.417 e. The van der Waals surface area contributed by atoms with Crippen LogP contribution in [0.15, 0.2) is 18.2 Å². The van der Waals surface area contributed by atoms with Crippen molar-refractivity contribution in [1.82, 2.24) is 0 Å². The monoisotopic (exact) mass is 364 g/mol. The average molecular weight is 365 g/mol. The number of hydrogen-bond acceptors (Lipinski definition) is 0. The van der Waals surface area contributed by atoms with Crippen LogP contribution in [0, 0.1) is 3.57 Å². The highest BCUT2D eigenvalue weighted by atomic mass is 127. The second-order valence-corrected chi connectivity index (χ2v) is 4.13. The van der Waals surface area contributed by atoms with Gasteiger partial charge in [0, 0.05) is 8.90 Å². The highest BCUT2D eigenvalue weighted by Gasteiger charge is 2.35. The lowest BCUT2D eigenvalue weighted by Gasteiger charge is -2.12. The van der Waals surface area contributed by atoms with E-state index in [1.807, 2.05) is 0 Å². The molecule has 0 nitrogen and oxygen atoms in total. The van der Waals surface area contributed by atoms with E-state index in [0.717, 1.165) is 0 Å². The van der Waals surface area contributed by atoms with Crippen molar-refractivity contribution in [3.05, 3.63) is 32.9 Å². The quantitative estimate of drug-likeness (QED) is 0.517. The smallest absolute Gasteiger partial charge is 0.166 e. The standard InChI is InChI=1S/C8H5BrF3I/c9-4-5-2-1-3-6(13)7(5)8(10,11)12/h1-3H,4H2. The van der Waals surface area contributed by atoms with Gasteiger partial charge in [0.05, 0.1) is 5.56 Å². The molecule has 1 rings (SSSR count). The molecular weight excluding hydrogens is 360 g/mol. The van der Waals surface area contributed by atoms with Gasteiger partial charge >= 0.3 is 6.18 Å². The SMILES string of the molecule is FC(F)(F)c1c(I)cccc1CBr. The molecule has 72 valence electrons. The Balaban J connectivity index is 3.32. The van der Waals surface area contributed by atoms with Crippen LogP contribution in [0.5, 0.6) is 0 Å². The Morgan fingerprint density at radius 2 is 1.92 bits per heavy atom. The molecule has 0 amide bonds. The van der Waals surface area contributed by atoms with Crippen LogP contribution >= 0.6 is 38.5 Å². The van der Waals surface area contributed by atoms with Gasteiger partial charge in [0.1, 0.15) is 0 Å². The molecule has 0 saturated carbocycles. The van der Waals surface area contributed by atoms with Crippen LogP contribution in [-0.2, 0) is 11.5 Å². The second-order valence-electron chi connectivity index (χ2n) is 2.41. The van der Waals surface area contributed by atoms with Gasteiger partial charge in [-0.2, -0.15) is 13.2 Å². The first-order valence-electron chi connectivity index (χ1n) is 3.37. The Morgan fingerprint density at radius 3 is 2.31 bits per heavy atom. The number of rotatable bonds is 1. The van der Waals surface area contributed by atoms with Crippen molar-refractivity contribution < 1.29 is 13.2 Å². The molecule has 0 aliphatic heterocycles. The summed E-state index contributed by atoms with van der Waals surface area (Å²) in [5.74, 6) is 0. The highest BCUT2D eigenvalue weighted by molar-refractivity contribution is 14.1. The van der Waals surface area contributed by atoms with Crippen LogP contribution in [0.25, 0.3) is 0 Å². The summed E-state index contributed by atoms with van der Waals surface area (Å²) in [5.41, 5.74) is -0.258. The van der Waals surface area contributed by atoms with E-state index in [1.165, 1.54) is 12.1 Å². The van der Waals surface area contributed by atoms with E-state index in [4.69, 9.17) is 0 Å². The third-order valence-corrected chi connectivity index (χ3v) is 3.03. The zero-order valence-electron chi connectivity index (χ0n) is 6.33. The lowest BCUT2D eigenvalue weighted by Crippen LogP contribution is -2.10. The molecule has 1 aromatic rings. The van der Waals surface area contributed by atoms with E-state index in [9.17, 15) is 13.2 Å². The molecule has 0 spiro atoms. The van der Waals surface area contributed by atoms with E-state index in [0.29, 0.717) is 0 Å². The van der Waals surface area contributed by atoms with Gasteiger partial charge in [-0.15, -0.1) is 0 Å². The van der Waals surface area contributed by atoms with Crippen molar-refractivity contribution in [2.45, 2.75) is 11.5 Å². The number of benzene rings is 1. The van der Waals surface area contributed by atoms with Gasteiger partial charge in [-0.25, -0.2) is 0 Å². The largest absolute Gasteiger partial charge is 0.417 e. The maximum atomic E-state index is 12.5. The summed E-state index contributed by atoms with van der Waals surface area (Å²) in [5, 5.41) is 0.221. The zero-order valence-corrected chi connectivity index (χ0v) is 10.1. The van der Waals surface area contributed by atoms with Crippen molar-refractivity contribution in [1.29, 1.82) is 0 Å². The average Bonchev–Trinajstić information content (AvgIpc) is 2.01. The predicted octanol–water partition coefficient (Wildman–Crippen LogP) is 4.20. The van der Waals surface area contributed by atoms with Gasteiger partial charge in [0.15, 0.2) is 0 Å². The maximum absolute atomic E-state index is 12.5. The fourth-order valence-corrected chi connectivity index (χ4v) is 2.32. The van der Waals surface area contributed by atoms with Crippen molar-refractivity contribution in [2.24, 2.45) is 0 Å². The van der Waals surface area contributed by atoms with Gasteiger partial charge in [-0.3, -0.25) is 0 Å². The summed E-state index contributed by atoms with van der Waals surface area (Å²) in [6.07, 6.45) is -4.26. The Hall–Kier alpha value is 0.220. The Kier molecular flexibility index (Phi) is 3.62. The molecule has 0 atom stereocenters. The number of hydrogen-bond donors (Lipinski definition) is 0. The summed E-state index contributed by atoms with van der Waals surface area (Å²) in [4.78, 5) is 0. The molecule has 0 aromatic heterocycles. The fourth-order valence-electron chi connectivity index (χ4n) is 0.998. The molecule has 5 heteroatoms. The van der Waals surface area contributed by atoms with E-state index in [1.54, 1.807) is 28.7 Å². The molecule has 0 radical (unpaired) electrons. The van der Waals surface area contributed by atoms with Gasteiger partial charge in [-0.1, -0.05) is 28.1 Å². The molecule has 0 fully saturated rings. The first-order valence-corrected chi connectivity index (χ1v) is 5.57. The first kappa shape index (κ1) is 11.3. The molecule has 0 bridgehead atoms. The normalized spacial score (nSPS) is 11.8. The molecule has 0 saturated heterocycles. The van der Waals surface area contributed by atoms with Gasteiger partial charge in [0.2, 0.25) is 0 Å². The van der Waals surface area contributed by atoms with E-state index in [-0.39, 0.29) is 14.5 Å². The Bertz CT molecular complexity index is 309. The summed E-state index contributed by atoms with van der Waals surface area (Å²) < 4.78 is 37.6. The third kappa shape index (κ3) is 2.59. The van der Waals surface area contributed by atoms with Crippen LogP contribution in [0.3, 0.4) is 0 Å². The highest BCUT2D eigenvalue weighted by Crippen LogP contribution is 2.36.